The van der Waals surface area contributed by atoms with Crippen LogP contribution in [0.5, 0.6) is 0 Å². The molecule has 0 spiro atoms. The number of terminal acetylenes is 1. The van der Waals surface area contributed by atoms with Gasteiger partial charge >= 0.3 is 0 Å². The van der Waals surface area contributed by atoms with Crippen LogP contribution in [0.25, 0.3) is 0 Å². The molecular formula is C41H50Si. The van der Waals surface area contributed by atoms with E-state index in [9.17, 15) is 0 Å². The van der Waals surface area contributed by atoms with Gasteiger partial charge in [-0.25, -0.2) is 0 Å². The van der Waals surface area contributed by atoms with Gasteiger partial charge in [0.2, 0.25) is 0 Å². The van der Waals surface area contributed by atoms with Gasteiger partial charge in [0, 0.05) is 23.0 Å². The van der Waals surface area contributed by atoms with Crippen molar-refractivity contribution < 1.29 is 0 Å². The molecule has 3 aromatic carbocycles. The van der Waals surface area contributed by atoms with Crippen molar-refractivity contribution >= 4 is 8.07 Å². The van der Waals surface area contributed by atoms with Crippen molar-refractivity contribution in [2.24, 2.45) is 0 Å². The lowest BCUT2D eigenvalue weighted by molar-refractivity contribution is 0.583. The zero-order valence-corrected chi connectivity index (χ0v) is 29.1. The molecule has 6 rings (SSSR count). The number of rotatable bonds is 3. The summed E-state index contributed by atoms with van der Waals surface area (Å²) in [6, 6.07) is 18.9. The molecule has 42 heavy (non-hydrogen) atoms. The molecule has 0 N–H and O–H groups in total. The second-order valence-corrected chi connectivity index (χ2v) is 21.4. The molecule has 218 valence electrons. The van der Waals surface area contributed by atoms with E-state index in [-0.39, 0.29) is 22.7 Å². The zero-order valence-electron chi connectivity index (χ0n) is 28.1. The highest BCUT2D eigenvalue weighted by Crippen LogP contribution is 2.58. The fraction of sp³-hybridized carbons (Fsp3) is 0.463. The van der Waals surface area contributed by atoms with Crippen LogP contribution < -0.4 is 0 Å². The maximum atomic E-state index is 6.26. The smallest absolute Gasteiger partial charge is 0.125 e. The van der Waals surface area contributed by atoms with Gasteiger partial charge in [-0.05, 0) is 84.1 Å². The average Bonchev–Trinajstić information content (AvgIpc) is 2.90. The van der Waals surface area contributed by atoms with E-state index in [1.54, 1.807) is 0 Å². The summed E-state index contributed by atoms with van der Waals surface area (Å²) in [6.07, 6.45) is 6.26. The van der Waals surface area contributed by atoms with Gasteiger partial charge in [-0.15, -0.1) is 12.0 Å². The molecule has 0 aromatic heterocycles. The maximum absolute atomic E-state index is 6.26. The molecule has 2 atom stereocenters. The highest BCUT2D eigenvalue weighted by Gasteiger charge is 2.45. The number of hydrogen-bond donors (Lipinski definition) is 0. The highest BCUT2D eigenvalue weighted by atomic mass is 28.3. The lowest BCUT2D eigenvalue weighted by Crippen LogP contribution is -2.43. The van der Waals surface area contributed by atoms with Gasteiger partial charge in [-0.1, -0.05) is 131 Å². The van der Waals surface area contributed by atoms with Crippen molar-refractivity contribution in [3.05, 3.63) is 104 Å². The minimum absolute atomic E-state index is 0.0771. The first-order valence-corrected chi connectivity index (χ1v) is 18.2. The quantitative estimate of drug-likeness (QED) is 0.149. The summed E-state index contributed by atoms with van der Waals surface area (Å²) in [6.45, 7) is 28.2. The van der Waals surface area contributed by atoms with Crippen molar-refractivity contribution in [2.75, 3.05) is 0 Å². The second kappa shape index (κ2) is 10.3. The first kappa shape index (κ1) is 30.5. The first-order chi connectivity index (χ1) is 19.5. The molecule has 0 unspecified atom stereocenters. The largest absolute Gasteiger partial charge is 0.146 e. The van der Waals surface area contributed by atoms with E-state index in [2.05, 4.69) is 149 Å². The summed E-state index contributed by atoms with van der Waals surface area (Å²) in [5, 5.41) is 0. The molecule has 3 aliphatic rings. The molecule has 0 saturated carbocycles. The Hall–Kier alpha value is -3.00. The Balaban J connectivity index is 1.85. The highest BCUT2D eigenvalue weighted by molar-refractivity contribution is 6.90. The molecule has 0 radical (unpaired) electrons. The summed E-state index contributed by atoms with van der Waals surface area (Å²) < 4.78 is 0. The van der Waals surface area contributed by atoms with Crippen LogP contribution in [0, 0.1) is 23.8 Å². The van der Waals surface area contributed by atoms with Gasteiger partial charge in [0.15, 0.2) is 0 Å². The Morgan fingerprint density at radius 2 is 1.00 bits per heavy atom. The van der Waals surface area contributed by atoms with Crippen LogP contribution in [-0.2, 0) is 10.8 Å². The van der Waals surface area contributed by atoms with Crippen molar-refractivity contribution in [1.82, 2.24) is 0 Å². The van der Waals surface area contributed by atoms with Crippen LogP contribution in [-0.4, -0.2) is 8.07 Å². The monoisotopic (exact) mass is 570 g/mol. The Kier molecular flexibility index (Phi) is 7.48. The van der Waals surface area contributed by atoms with Crippen LogP contribution in [0.3, 0.4) is 0 Å². The molecule has 0 saturated heterocycles. The lowest BCUT2D eigenvalue weighted by Gasteiger charge is -2.44. The number of hydrogen-bond acceptors (Lipinski definition) is 0. The molecule has 0 fully saturated rings. The van der Waals surface area contributed by atoms with Gasteiger partial charge < -0.3 is 0 Å². The molecule has 0 nitrogen and oxygen atoms in total. The average molecular weight is 571 g/mol. The van der Waals surface area contributed by atoms with Crippen molar-refractivity contribution in [1.29, 1.82) is 0 Å². The van der Waals surface area contributed by atoms with Crippen molar-refractivity contribution in [3.63, 3.8) is 0 Å². The first-order valence-electron chi connectivity index (χ1n) is 16.0. The van der Waals surface area contributed by atoms with Gasteiger partial charge in [0.25, 0.3) is 0 Å². The molecule has 2 bridgehead atoms. The molecule has 0 amide bonds. The SMILES string of the molecule is C#Cc1ccc(C#C[Si](C(C)C)(C(C)C)C(C)C)c2c1[C@H]1c3ccc(C(C)(C)C)cc3[C@@H]2c2ccc(C(C)(C)C)cc21. The Morgan fingerprint density at radius 1 is 0.595 bits per heavy atom. The van der Waals surface area contributed by atoms with Gasteiger partial charge in [-0.3, -0.25) is 0 Å². The molecule has 0 aliphatic heterocycles. The van der Waals surface area contributed by atoms with Crippen LogP contribution in [0.1, 0.15) is 151 Å². The van der Waals surface area contributed by atoms with E-state index < -0.39 is 8.07 Å². The lowest BCUT2D eigenvalue weighted by atomic mass is 9.58. The summed E-state index contributed by atoms with van der Waals surface area (Å²) in [4.78, 5) is 0. The molecule has 3 aromatic rings. The third kappa shape index (κ3) is 4.61. The molecule has 3 aliphatic carbocycles. The Bertz CT molecular complexity index is 1620. The van der Waals surface area contributed by atoms with Gasteiger partial charge in [0.1, 0.15) is 8.07 Å². The van der Waals surface area contributed by atoms with E-state index in [0.717, 1.165) is 5.56 Å². The van der Waals surface area contributed by atoms with E-state index >= 15 is 0 Å². The van der Waals surface area contributed by atoms with Crippen molar-refractivity contribution in [2.45, 2.75) is 122 Å². The minimum Gasteiger partial charge on any atom is -0.125 e. The van der Waals surface area contributed by atoms with Gasteiger partial charge in [-0.2, -0.15) is 0 Å². The van der Waals surface area contributed by atoms with Crippen LogP contribution >= 0.6 is 0 Å². The fourth-order valence-electron chi connectivity index (χ4n) is 8.17. The van der Waals surface area contributed by atoms with Crippen LogP contribution in [0.15, 0.2) is 48.5 Å². The predicted molar refractivity (Wildman–Crippen MR) is 184 cm³/mol. The summed E-state index contributed by atoms with van der Waals surface area (Å²) in [5.41, 5.74) is 19.3. The summed E-state index contributed by atoms with van der Waals surface area (Å²) in [5.74, 6) is 7.24. The van der Waals surface area contributed by atoms with Crippen molar-refractivity contribution in [3.8, 4) is 23.8 Å². The summed E-state index contributed by atoms with van der Waals surface area (Å²) >= 11 is 0. The van der Waals surface area contributed by atoms with Crippen LogP contribution in [0.4, 0.5) is 0 Å². The third-order valence-electron chi connectivity index (χ3n) is 10.4. The standard InChI is InChI=1S/C41H50Si/c1-14-28-15-16-29(21-22-42(25(2)3,26(4)5)27(6)7)37-36(28)38-32-19-17-31(41(11,12)13)24-35(32)39(37)33-20-18-30(23-34(33)38)40(8,9)10/h1,15-20,23-27,38-39H,2-13H3/t38-,39-/m0/s1. The molecule has 0 heterocycles. The van der Waals surface area contributed by atoms with E-state index in [1.165, 1.54) is 50.1 Å². The third-order valence-corrected chi connectivity index (χ3v) is 16.7. The fourth-order valence-corrected chi connectivity index (χ4v) is 13.4. The molecular weight excluding hydrogens is 521 g/mol. The van der Waals surface area contributed by atoms with Gasteiger partial charge in [0.05, 0.1) is 0 Å². The zero-order chi connectivity index (χ0) is 30.9. The van der Waals surface area contributed by atoms with E-state index in [1.807, 2.05) is 0 Å². The summed E-state index contributed by atoms with van der Waals surface area (Å²) in [7, 11) is -1.91. The number of benzene rings is 3. The minimum atomic E-state index is -1.91. The Morgan fingerprint density at radius 3 is 1.38 bits per heavy atom. The van der Waals surface area contributed by atoms with Crippen LogP contribution in [0.2, 0.25) is 16.6 Å². The maximum Gasteiger partial charge on any atom is 0.146 e. The predicted octanol–water partition coefficient (Wildman–Crippen LogP) is 10.8. The Labute approximate surface area is 257 Å². The second-order valence-electron chi connectivity index (χ2n) is 15.8. The van der Waals surface area contributed by atoms with E-state index in [0.29, 0.717) is 16.6 Å². The normalized spacial score (nSPS) is 17.5. The topological polar surface area (TPSA) is 0 Å². The van der Waals surface area contributed by atoms with E-state index in [4.69, 9.17) is 6.42 Å². The molecule has 1 heteroatoms.